The average molecular weight is 398 g/mol. The molecule has 2 atom stereocenters. The van der Waals surface area contributed by atoms with Crippen LogP contribution < -0.4 is 10.5 Å². The summed E-state index contributed by atoms with van der Waals surface area (Å²) in [5.41, 5.74) is 7.12. The van der Waals surface area contributed by atoms with Gasteiger partial charge in [-0.3, -0.25) is 0 Å². The minimum absolute atomic E-state index is 0. The maximum Gasteiger partial charge on any atom is 0.215 e. The largest absolute Gasteiger partial charge is 0.326 e. The van der Waals surface area contributed by atoms with Crippen LogP contribution in [0.4, 0.5) is 0 Å². The SMILES string of the molecule is CCS(=O)(=O)NCCS(=O)(=O)N1C[C@@H](N)[C@H](c2ccccc2)C1.Cl. The van der Waals surface area contributed by atoms with Gasteiger partial charge in [-0.05, 0) is 12.5 Å². The Hall–Kier alpha value is -0.710. The van der Waals surface area contributed by atoms with E-state index in [1.54, 1.807) is 0 Å². The maximum absolute atomic E-state index is 12.4. The molecule has 0 bridgehead atoms. The molecule has 1 aliphatic heterocycles. The lowest BCUT2D eigenvalue weighted by Crippen LogP contribution is -2.38. The zero-order valence-electron chi connectivity index (χ0n) is 13.5. The Kier molecular flexibility index (Phi) is 7.64. The number of halogens is 1. The number of benzene rings is 1. The van der Waals surface area contributed by atoms with Crippen molar-refractivity contribution in [1.82, 2.24) is 9.03 Å². The van der Waals surface area contributed by atoms with Gasteiger partial charge >= 0.3 is 0 Å². The number of hydrogen-bond donors (Lipinski definition) is 2. The number of nitrogens with one attached hydrogen (secondary N) is 1. The molecule has 0 radical (unpaired) electrons. The highest BCUT2D eigenvalue weighted by molar-refractivity contribution is 7.90. The van der Waals surface area contributed by atoms with Gasteiger partial charge in [-0.2, -0.15) is 4.31 Å². The molecular formula is C14H24ClN3O4S2. The van der Waals surface area contributed by atoms with Gasteiger partial charge in [-0.25, -0.2) is 21.6 Å². The van der Waals surface area contributed by atoms with Crippen LogP contribution in [0.3, 0.4) is 0 Å². The van der Waals surface area contributed by atoms with Gasteiger partial charge in [0.2, 0.25) is 20.0 Å². The topological polar surface area (TPSA) is 110 Å². The number of hydrogen-bond acceptors (Lipinski definition) is 5. The van der Waals surface area contributed by atoms with Crippen LogP contribution in [-0.2, 0) is 20.0 Å². The third-order valence-corrected chi connectivity index (χ3v) is 7.22. The highest BCUT2D eigenvalue weighted by atomic mass is 35.5. The van der Waals surface area contributed by atoms with Crippen LogP contribution in [0.15, 0.2) is 30.3 Å². The predicted molar refractivity (Wildman–Crippen MR) is 97.2 cm³/mol. The summed E-state index contributed by atoms with van der Waals surface area (Å²) < 4.78 is 51.1. The Morgan fingerprint density at radius 3 is 2.38 bits per heavy atom. The molecule has 10 heteroatoms. The minimum Gasteiger partial charge on any atom is -0.326 e. The van der Waals surface area contributed by atoms with Crippen LogP contribution in [0, 0.1) is 0 Å². The second kappa shape index (κ2) is 8.59. The first-order valence-electron chi connectivity index (χ1n) is 7.51. The van der Waals surface area contributed by atoms with Gasteiger partial charge in [-0.15, -0.1) is 12.4 Å². The normalized spacial score (nSPS) is 22.2. The van der Waals surface area contributed by atoms with Gasteiger partial charge < -0.3 is 5.73 Å². The van der Waals surface area contributed by atoms with Gasteiger partial charge in [0.05, 0.1) is 11.5 Å². The van der Waals surface area contributed by atoms with E-state index in [4.69, 9.17) is 5.73 Å². The van der Waals surface area contributed by atoms with E-state index in [0.29, 0.717) is 6.54 Å². The first-order chi connectivity index (χ1) is 10.7. The molecule has 0 unspecified atom stereocenters. The van der Waals surface area contributed by atoms with Crippen molar-refractivity contribution in [2.24, 2.45) is 5.73 Å². The predicted octanol–water partition coefficient (Wildman–Crippen LogP) is 0.104. The Labute approximate surface area is 150 Å². The first-order valence-corrected chi connectivity index (χ1v) is 10.8. The molecule has 0 aromatic heterocycles. The van der Waals surface area contributed by atoms with Gasteiger partial charge in [0.1, 0.15) is 0 Å². The molecule has 1 aliphatic rings. The quantitative estimate of drug-likeness (QED) is 0.678. The monoisotopic (exact) mass is 397 g/mol. The lowest BCUT2D eigenvalue weighted by atomic mass is 9.95. The van der Waals surface area contributed by atoms with E-state index in [1.807, 2.05) is 30.3 Å². The average Bonchev–Trinajstić information content (AvgIpc) is 2.90. The van der Waals surface area contributed by atoms with E-state index >= 15 is 0 Å². The smallest absolute Gasteiger partial charge is 0.215 e. The van der Waals surface area contributed by atoms with Crippen LogP contribution in [0.2, 0.25) is 0 Å². The van der Waals surface area contributed by atoms with E-state index in [0.717, 1.165) is 5.56 Å². The lowest BCUT2D eigenvalue weighted by molar-refractivity contribution is 0.469. The summed E-state index contributed by atoms with van der Waals surface area (Å²) in [7, 11) is -6.93. The van der Waals surface area contributed by atoms with Crippen molar-refractivity contribution in [2.45, 2.75) is 18.9 Å². The molecule has 0 amide bonds. The van der Waals surface area contributed by atoms with E-state index < -0.39 is 20.0 Å². The summed E-state index contributed by atoms with van der Waals surface area (Å²) in [6.45, 7) is 1.96. The van der Waals surface area contributed by atoms with Crippen molar-refractivity contribution >= 4 is 32.5 Å². The highest BCUT2D eigenvalue weighted by Gasteiger charge is 2.37. The molecule has 1 aromatic rings. The summed E-state index contributed by atoms with van der Waals surface area (Å²) in [5.74, 6) is -0.378. The summed E-state index contributed by atoms with van der Waals surface area (Å²) in [6.07, 6.45) is 0. The maximum atomic E-state index is 12.4. The minimum atomic E-state index is -3.54. The Morgan fingerprint density at radius 2 is 1.79 bits per heavy atom. The molecule has 1 fully saturated rings. The Bertz CT molecular complexity index is 726. The van der Waals surface area contributed by atoms with Crippen molar-refractivity contribution in [3.05, 3.63) is 35.9 Å². The Balaban J connectivity index is 0.00000288. The molecule has 24 heavy (non-hydrogen) atoms. The molecule has 2 rings (SSSR count). The second-order valence-electron chi connectivity index (χ2n) is 5.61. The van der Waals surface area contributed by atoms with Crippen LogP contribution in [0.1, 0.15) is 18.4 Å². The van der Waals surface area contributed by atoms with Crippen molar-refractivity contribution in [3.63, 3.8) is 0 Å². The molecule has 0 saturated carbocycles. The van der Waals surface area contributed by atoms with Gasteiger partial charge in [0, 0.05) is 31.6 Å². The summed E-state index contributed by atoms with van der Waals surface area (Å²) in [6, 6.07) is 9.32. The summed E-state index contributed by atoms with van der Waals surface area (Å²) in [5, 5.41) is 0. The molecule has 138 valence electrons. The van der Waals surface area contributed by atoms with Crippen LogP contribution >= 0.6 is 12.4 Å². The fourth-order valence-corrected chi connectivity index (χ4v) is 4.78. The zero-order valence-corrected chi connectivity index (χ0v) is 15.9. The van der Waals surface area contributed by atoms with Crippen molar-refractivity contribution in [1.29, 1.82) is 0 Å². The molecule has 1 heterocycles. The zero-order chi connectivity index (χ0) is 17.1. The van der Waals surface area contributed by atoms with Crippen molar-refractivity contribution in [2.75, 3.05) is 31.1 Å². The van der Waals surface area contributed by atoms with Gasteiger partial charge in [-0.1, -0.05) is 30.3 Å². The van der Waals surface area contributed by atoms with Crippen LogP contribution in [0.5, 0.6) is 0 Å². The lowest BCUT2D eigenvalue weighted by Gasteiger charge is -2.16. The molecule has 3 N–H and O–H groups in total. The van der Waals surface area contributed by atoms with E-state index in [-0.39, 0.29) is 49.0 Å². The van der Waals surface area contributed by atoms with E-state index in [1.165, 1.54) is 11.2 Å². The molecule has 7 nitrogen and oxygen atoms in total. The first kappa shape index (κ1) is 21.3. The number of sulfonamides is 2. The molecule has 0 spiro atoms. The molecule has 0 aliphatic carbocycles. The van der Waals surface area contributed by atoms with E-state index in [2.05, 4.69) is 4.72 Å². The second-order valence-corrected chi connectivity index (χ2v) is 9.80. The van der Waals surface area contributed by atoms with Gasteiger partial charge in [0.15, 0.2) is 0 Å². The number of nitrogens with two attached hydrogens (primary N) is 1. The fraction of sp³-hybridized carbons (Fsp3) is 0.571. The fourth-order valence-electron chi connectivity index (χ4n) is 2.63. The third kappa shape index (κ3) is 5.40. The third-order valence-electron chi connectivity index (χ3n) is 4.01. The Morgan fingerprint density at radius 1 is 1.17 bits per heavy atom. The summed E-state index contributed by atoms with van der Waals surface area (Å²) in [4.78, 5) is 0. The molecule has 1 aromatic carbocycles. The summed E-state index contributed by atoms with van der Waals surface area (Å²) >= 11 is 0. The van der Waals surface area contributed by atoms with E-state index in [9.17, 15) is 16.8 Å². The van der Waals surface area contributed by atoms with Crippen molar-refractivity contribution in [3.8, 4) is 0 Å². The highest BCUT2D eigenvalue weighted by Crippen LogP contribution is 2.28. The van der Waals surface area contributed by atoms with Crippen LogP contribution in [0.25, 0.3) is 0 Å². The van der Waals surface area contributed by atoms with Crippen molar-refractivity contribution < 1.29 is 16.8 Å². The van der Waals surface area contributed by atoms with Gasteiger partial charge in [0.25, 0.3) is 0 Å². The molecular weight excluding hydrogens is 374 g/mol. The molecule has 1 saturated heterocycles. The number of nitrogens with zero attached hydrogens (tertiary/aromatic N) is 1. The standard InChI is InChI=1S/C14H23N3O4S2.ClH/c1-2-22(18,19)16-8-9-23(20,21)17-10-13(14(15)11-17)12-6-4-3-5-7-12;/h3-7,13-14,16H,2,8-11,15H2,1H3;1H/t13-,14+;/m0./s1. The van der Waals surface area contributed by atoms with Crippen LogP contribution in [-0.4, -0.2) is 58.3 Å². The number of rotatable bonds is 7.